The van der Waals surface area contributed by atoms with Gasteiger partial charge < -0.3 is 24.9 Å². The number of hydrogen-bond donors (Lipinski definition) is 2. The molecule has 0 spiro atoms. The quantitative estimate of drug-likeness (QED) is 0.267. The second-order valence-electron chi connectivity index (χ2n) is 9.50. The highest BCUT2D eigenvalue weighted by Crippen LogP contribution is 2.23. The number of aromatic nitrogens is 6. The average molecular weight is 524 g/mol. The monoisotopic (exact) mass is 523 g/mol. The van der Waals surface area contributed by atoms with Crippen molar-refractivity contribution in [3.8, 4) is 17.5 Å². The van der Waals surface area contributed by atoms with Gasteiger partial charge in [0.15, 0.2) is 17.3 Å². The van der Waals surface area contributed by atoms with Gasteiger partial charge in [0.2, 0.25) is 0 Å². The molecule has 39 heavy (non-hydrogen) atoms. The van der Waals surface area contributed by atoms with Crippen molar-refractivity contribution in [3.05, 3.63) is 66.2 Å². The summed E-state index contributed by atoms with van der Waals surface area (Å²) in [5.41, 5.74) is 11.5. The first kappa shape index (κ1) is 25.7. The highest BCUT2D eigenvalue weighted by atomic mass is 16.5. The number of carbonyl (C=O) groups is 1. The Labute approximate surface area is 225 Å². The minimum Gasteiger partial charge on any atom is -0.450 e. The third-order valence-electron chi connectivity index (χ3n) is 6.40. The van der Waals surface area contributed by atoms with Crippen LogP contribution >= 0.6 is 0 Å². The number of alkyl carbamates (subject to hydrolysis) is 1. The molecule has 0 aliphatic heterocycles. The van der Waals surface area contributed by atoms with Crippen molar-refractivity contribution in [2.75, 3.05) is 12.3 Å². The Morgan fingerprint density at radius 2 is 2.00 bits per heavy atom. The molecule has 0 unspecified atom stereocenters. The summed E-state index contributed by atoms with van der Waals surface area (Å²) in [5.74, 6) is 0.718. The van der Waals surface area contributed by atoms with Crippen molar-refractivity contribution in [2.24, 2.45) is 0 Å². The summed E-state index contributed by atoms with van der Waals surface area (Å²) in [6.07, 6.45) is 4.48. The molecule has 3 aromatic heterocycles. The van der Waals surface area contributed by atoms with Crippen molar-refractivity contribution in [1.29, 1.82) is 5.26 Å². The molecule has 0 radical (unpaired) electrons. The molecule has 0 atom stereocenters. The van der Waals surface area contributed by atoms with Crippen LogP contribution in [0.5, 0.6) is 0 Å². The Morgan fingerprint density at radius 1 is 1.13 bits per heavy atom. The van der Waals surface area contributed by atoms with E-state index in [1.807, 2.05) is 35.2 Å². The Bertz CT molecular complexity index is 1680. The number of carbonyl (C=O) groups excluding carboxylic acids is 1. The van der Waals surface area contributed by atoms with E-state index in [1.165, 1.54) is 0 Å². The molecule has 198 valence electrons. The van der Waals surface area contributed by atoms with Gasteiger partial charge in [0, 0.05) is 24.7 Å². The van der Waals surface area contributed by atoms with Crippen LogP contribution in [-0.4, -0.2) is 41.8 Å². The number of anilines is 1. The SMILES string of the molecule is CC(C)n1cnc2ccc(CNC(=O)OCCCCn3cnc4c(N)nc(-c5cccc(C#N)c5)nc43)cc21. The molecule has 0 fully saturated rings. The van der Waals surface area contributed by atoms with Gasteiger partial charge in [0.05, 0.1) is 41.9 Å². The van der Waals surface area contributed by atoms with Gasteiger partial charge in [-0.2, -0.15) is 5.26 Å². The number of amides is 1. The highest BCUT2D eigenvalue weighted by molar-refractivity contribution is 5.84. The van der Waals surface area contributed by atoms with E-state index in [4.69, 9.17) is 10.5 Å². The zero-order valence-corrected chi connectivity index (χ0v) is 21.8. The average Bonchev–Trinajstić information content (AvgIpc) is 3.56. The van der Waals surface area contributed by atoms with Crippen LogP contribution in [0.2, 0.25) is 0 Å². The van der Waals surface area contributed by atoms with E-state index in [0.717, 1.165) is 23.0 Å². The number of aryl methyl sites for hydroxylation is 1. The number of imidazole rings is 2. The molecule has 0 aliphatic carbocycles. The summed E-state index contributed by atoms with van der Waals surface area (Å²) >= 11 is 0. The van der Waals surface area contributed by atoms with Gasteiger partial charge in [-0.15, -0.1) is 0 Å². The number of benzene rings is 2. The molecule has 2 aromatic carbocycles. The zero-order valence-electron chi connectivity index (χ0n) is 21.8. The smallest absolute Gasteiger partial charge is 0.407 e. The van der Waals surface area contributed by atoms with Crippen LogP contribution < -0.4 is 11.1 Å². The van der Waals surface area contributed by atoms with Gasteiger partial charge in [0.25, 0.3) is 0 Å². The topological polar surface area (TPSA) is 150 Å². The molecule has 11 heteroatoms. The number of nitrogens with one attached hydrogen (secondary N) is 1. The van der Waals surface area contributed by atoms with Crippen LogP contribution in [0.25, 0.3) is 33.6 Å². The lowest BCUT2D eigenvalue weighted by molar-refractivity contribution is 0.143. The van der Waals surface area contributed by atoms with E-state index in [9.17, 15) is 10.1 Å². The number of hydrogen-bond acceptors (Lipinski definition) is 8. The standard InChI is InChI=1S/C28H29N9O2/c1-18(2)37-17-32-22-9-8-20(13-23(22)37)15-31-28(38)39-11-4-3-10-36-16-33-24-25(30)34-26(35-27(24)36)21-7-5-6-19(12-21)14-29/h5-9,12-13,16-18H,3-4,10-11,15H2,1-2H3,(H,31,38)(H2,30,34,35). The highest BCUT2D eigenvalue weighted by Gasteiger charge is 2.13. The molecule has 3 heterocycles. The van der Waals surface area contributed by atoms with Gasteiger partial charge in [0.1, 0.15) is 5.52 Å². The Kier molecular flexibility index (Phi) is 7.36. The normalized spacial score (nSPS) is 11.2. The van der Waals surface area contributed by atoms with Crippen molar-refractivity contribution >= 4 is 34.1 Å². The number of nitrogens with two attached hydrogens (primary N) is 1. The van der Waals surface area contributed by atoms with Gasteiger partial charge >= 0.3 is 6.09 Å². The summed E-state index contributed by atoms with van der Waals surface area (Å²) in [4.78, 5) is 30.0. The predicted molar refractivity (Wildman–Crippen MR) is 147 cm³/mol. The summed E-state index contributed by atoms with van der Waals surface area (Å²) in [5, 5.41) is 12.0. The minimum absolute atomic E-state index is 0.281. The maximum Gasteiger partial charge on any atom is 0.407 e. The summed E-state index contributed by atoms with van der Waals surface area (Å²) in [6, 6.07) is 15.5. The number of nitriles is 1. The number of unbranched alkanes of at least 4 members (excludes halogenated alkanes) is 1. The van der Waals surface area contributed by atoms with E-state index in [0.29, 0.717) is 60.3 Å². The fourth-order valence-corrected chi connectivity index (χ4v) is 4.35. The van der Waals surface area contributed by atoms with Crippen LogP contribution in [0.15, 0.2) is 55.1 Å². The number of fused-ring (bicyclic) bond motifs is 2. The summed E-state index contributed by atoms with van der Waals surface area (Å²) < 4.78 is 9.37. The Hall–Kier alpha value is -4.98. The first-order valence-electron chi connectivity index (χ1n) is 12.8. The molecule has 1 amide bonds. The predicted octanol–water partition coefficient (Wildman–Crippen LogP) is 4.58. The molecule has 5 aromatic rings. The first-order valence-corrected chi connectivity index (χ1v) is 12.8. The van der Waals surface area contributed by atoms with Gasteiger partial charge in [-0.25, -0.2) is 24.7 Å². The molecule has 3 N–H and O–H groups in total. The van der Waals surface area contributed by atoms with Crippen LogP contribution in [0.3, 0.4) is 0 Å². The van der Waals surface area contributed by atoms with Crippen LogP contribution in [0.1, 0.15) is 43.9 Å². The number of rotatable bonds is 9. The molecule has 0 bridgehead atoms. The molecule has 0 aliphatic rings. The van der Waals surface area contributed by atoms with Crippen molar-refractivity contribution in [1.82, 2.24) is 34.4 Å². The number of nitrogen functional groups attached to an aromatic ring is 1. The third-order valence-corrected chi connectivity index (χ3v) is 6.40. The van der Waals surface area contributed by atoms with Crippen molar-refractivity contribution in [3.63, 3.8) is 0 Å². The minimum atomic E-state index is -0.453. The maximum atomic E-state index is 12.2. The van der Waals surface area contributed by atoms with E-state index < -0.39 is 6.09 Å². The van der Waals surface area contributed by atoms with Crippen molar-refractivity contribution < 1.29 is 9.53 Å². The van der Waals surface area contributed by atoms with Gasteiger partial charge in [-0.3, -0.25) is 0 Å². The van der Waals surface area contributed by atoms with Crippen molar-refractivity contribution in [2.45, 2.75) is 45.8 Å². The molecular weight excluding hydrogens is 494 g/mol. The fraction of sp³-hybridized carbons (Fsp3) is 0.286. The van der Waals surface area contributed by atoms with E-state index in [1.54, 1.807) is 24.5 Å². The van der Waals surface area contributed by atoms with Crippen LogP contribution in [0, 0.1) is 11.3 Å². The van der Waals surface area contributed by atoms with Crippen LogP contribution in [-0.2, 0) is 17.8 Å². The molecule has 5 rings (SSSR count). The summed E-state index contributed by atoms with van der Waals surface area (Å²) in [7, 11) is 0. The Balaban J connectivity index is 1.12. The third kappa shape index (κ3) is 5.65. The van der Waals surface area contributed by atoms with E-state index >= 15 is 0 Å². The molecule has 11 nitrogen and oxygen atoms in total. The molecule has 0 saturated carbocycles. The zero-order chi connectivity index (χ0) is 27.4. The van der Waals surface area contributed by atoms with Gasteiger partial charge in [-0.1, -0.05) is 18.2 Å². The second-order valence-corrected chi connectivity index (χ2v) is 9.50. The van der Waals surface area contributed by atoms with Crippen LogP contribution in [0.4, 0.5) is 10.6 Å². The lowest BCUT2D eigenvalue weighted by Gasteiger charge is -2.10. The first-order chi connectivity index (χ1) is 18.9. The fourth-order valence-electron chi connectivity index (χ4n) is 4.35. The number of ether oxygens (including phenoxy) is 1. The molecule has 0 saturated heterocycles. The Morgan fingerprint density at radius 3 is 2.82 bits per heavy atom. The van der Waals surface area contributed by atoms with E-state index in [2.05, 4.69) is 49.7 Å². The van der Waals surface area contributed by atoms with Gasteiger partial charge in [-0.05, 0) is 56.5 Å². The lowest BCUT2D eigenvalue weighted by atomic mass is 10.1. The number of nitrogens with zero attached hydrogens (tertiary/aromatic N) is 7. The lowest BCUT2D eigenvalue weighted by Crippen LogP contribution is -2.24. The summed E-state index contributed by atoms with van der Waals surface area (Å²) in [6.45, 7) is 5.51. The van der Waals surface area contributed by atoms with E-state index in [-0.39, 0.29) is 5.82 Å². The largest absolute Gasteiger partial charge is 0.450 e. The second kappa shape index (κ2) is 11.2. The maximum absolute atomic E-state index is 12.2. The molecular formula is C28H29N9O2.